The number of amides is 2. The molecule has 2 aliphatic heterocycles. The van der Waals surface area contributed by atoms with Crippen molar-refractivity contribution in [3.8, 4) is 5.75 Å². The van der Waals surface area contributed by atoms with Crippen LogP contribution in [0.4, 0.5) is 11.6 Å². The highest BCUT2D eigenvalue weighted by atomic mass is 16.5. The SMILES string of the molecule is COc1ccc(C)cc1NC(=O)C[C@@H]1C(=O)N(C[C@@H]2CCCO2)c2nc3ccccc3n21. The molecule has 0 bridgehead atoms. The van der Waals surface area contributed by atoms with E-state index in [0.29, 0.717) is 30.5 Å². The highest BCUT2D eigenvalue weighted by Gasteiger charge is 2.42. The summed E-state index contributed by atoms with van der Waals surface area (Å²) in [5.41, 5.74) is 3.24. The molecule has 0 aliphatic carbocycles. The van der Waals surface area contributed by atoms with Gasteiger partial charge < -0.3 is 14.8 Å². The molecule has 0 saturated carbocycles. The molecule has 32 heavy (non-hydrogen) atoms. The van der Waals surface area contributed by atoms with Crippen LogP contribution in [0.3, 0.4) is 0 Å². The molecule has 3 heterocycles. The molecule has 1 fully saturated rings. The average molecular weight is 434 g/mol. The molecular weight excluding hydrogens is 408 g/mol. The molecule has 2 aromatic carbocycles. The number of ether oxygens (including phenoxy) is 2. The maximum Gasteiger partial charge on any atom is 0.253 e. The van der Waals surface area contributed by atoms with Crippen molar-refractivity contribution >= 4 is 34.5 Å². The van der Waals surface area contributed by atoms with Crippen molar-refractivity contribution in [3.05, 3.63) is 48.0 Å². The van der Waals surface area contributed by atoms with Crippen LogP contribution in [0.1, 0.15) is 30.9 Å². The lowest BCUT2D eigenvalue weighted by Gasteiger charge is -2.19. The average Bonchev–Trinajstić information content (AvgIpc) is 3.48. The number of anilines is 2. The maximum absolute atomic E-state index is 13.4. The summed E-state index contributed by atoms with van der Waals surface area (Å²) >= 11 is 0. The van der Waals surface area contributed by atoms with Crippen molar-refractivity contribution in [1.82, 2.24) is 9.55 Å². The zero-order valence-electron chi connectivity index (χ0n) is 18.2. The standard InChI is InChI=1S/C24H26N4O4/c1-15-9-10-21(31-2)18(12-15)25-22(29)13-20-23(30)27(14-16-6-5-11-32-16)24-26-17-7-3-4-8-19(17)28(20)24/h3-4,7-10,12,16,20H,5-6,11,13-14H2,1-2H3,(H,25,29)/t16-,20+/m0/s1. The van der Waals surface area contributed by atoms with Crippen molar-refractivity contribution in [3.63, 3.8) is 0 Å². The molecule has 1 N–H and O–H groups in total. The second-order valence-corrected chi connectivity index (χ2v) is 8.33. The minimum absolute atomic E-state index is 0.00339. The Labute approximate surface area is 186 Å². The first kappa shape index (κ1) is 20.5. The van der Waals surface area contributed by atoms with E-state index in [-0.39, 0.29) is 24.3 Å². The van der Waals surface area contributed by atoms with Gasteiger partial charge in [-0.25, -0.2) is 4.98 Å². The molecule has 3 aromatic rings. The van der Waals surface area contributed by atoms with Gasteiger partial charge in [-0.3, -0.25) is 19.1 Å². The van der Waals surface area contributed by atoms with E-state index in [1.54, 1.807) is 12.0 Å². The molecule has 0 radical (unpaired) electrons. The van der Waals surface area contributed by atoms with Crippen LogP contribution >= 0.6 is 0 Å². The summed E-state index contributed by atoms with van der Waals surface area (Å²) in [5, 5.41) is 2.92. The summed E-state index contributed by atoms with van der Waals surface area (Å²) in [6.45, 7) is 3.11. The molecule has 2 atom stereocenters. The zero-order chi connectivity index (χ0) is 22.2. The number of nitrogens with zero attached hydrogens (tertiary/aromatic N) is 3. The Hall–Kier alpha value is -3.39. The highest BCUT2D eigenvalue weighted by molar-refractivity contribution is 6.05. The van der Waals surface area contributed by atoms with Gasteiger partial charge in [0.2, 0.25) is 11.9 Å². The summed E-state index contributed by atoms with van der Waals surface area (Å²) < 4.78 is 13.0. The summed E-state index contributed by atoms with van der Waals surface area (Å²) in [7, 11) is 1.56. The molecule has 0 unspecified atom stereocenters. The van der Waals surface area contributed by atoms with Gasteiger partial charge in [0.25, 0.3) is 5.91 Å². The lowest BCUT2D eigenvalue weighted by atomic mass is 10.1. The van der Waals surface area contributed by atoms with Crippen molar-refractivity contribution in [2.75, 3.05) is 30.5 Å². The number of fused-ring (bicyclic) bond motifs is 3. The molecule has 166 valence electrons. The number of para-hydroxylation sites is 2. The Morgan fingerprint density at radius 2 is 2.12 bits per heavy atom. The van der Waals surface area contributed by atoms with E-state index in [4.69, 9.17) is 14.5 Å². The Kier molecular flexibility index (Phi) is 5.30. The number of rotatable bonds is 6. The third-order valence-electron chi connectivity index (χ3n) is 6.10. The minimum Gasteiger partial charge on any atom is -0.495 e. The molecule has 1 saturated heterocycles. The van der Waals surface area contributed by atoms with Crippen LogP contribution in [-0.4, -0.2) is 47.7 Å². The normalized spacial score (nSPS) is 20.1. The van der Waals surface area contributed by atoms with Crippen LogP contribution in [0.25, 0.3) is 11.0 Å². The van der Waals surface area contributed by atoms with E-state index < -0.39 is 6.04 Å². The first-order valence-electron chi connectivity index (χ1n) is 10.9. The number of nitrogens with one attached hydrogen (secondary N) is 1. The van der Waals surface area contributed by atoms with E-state index in [2.05, 4.69) is 5.32 Å². The van der Waals surface area contributed by atoms with Crippen LogP contribution in [0.5, 0.6) is 5.75 Å². The van der Waals surface area contributed by atoms with Gasteiger partial charge in [0, 0.05) is 6.61 Å². The predicted molar refractivity (Wildman–Crippen MR) is 121 cm³/mol. The van der Waals surface area contributed by atoms with Crippen LogP contribution < -0.4 is 15.0 Å². The molecule has 8 nitrogen and oxygen atoms in total. The number of benzene rings is 2. The molecule has 1 aromatic heterocycles. The van der Waals surface area contributed by atoms with Gasteiger partial charge >= 0.3 is 0 Å². The quantitative estimate of drug-likeness (QED) is 0.642. The van der Waals surface area contributed by atoms with Gasteiger partial charge in [0.15, 0.2) is 0 Å². The molecule has 8 heteroatoms. The summed E-state index contributed by atoms with van der Waals surface area (Å²) in [6, 6.07) is 12.6. The Morgan fingerprint density at radius 3 is 2.91 bits per heavy atom. The van der Waals surface area contributed by atoms with E-state index >= 15 is 0 Å². The van der Waals surface area contributed by atoms with Gasteiger partial charge in [-0.2, -0.15) is 0 Å². The number of aryl methyl sites for hydroxylation is 1. The van der Waals surface area contributed by atoms with Gasteiger partial charge in [-0.1, -0.05) is 18.2 Å². The largest absolute Gasteiger partial charge is 0.495 e. The summed E-state index contributed by atoms with van der Waals surface area (Å²) in [4.78, 5) is 32.8. The van der Waals surface area contributed by atoms with E-state index in [0.717, 1.165) is 29.4 Å². The second kappa shape index (κ2) is 8.27. The number of carbonyl (C=O) groups excluding carboxylic acids is 2. The van der Waals surface area contributed by atoms with Crippen LogP contribution in [-0.2, 0) is 14.3 Å². The smallest absolute Gasteiger partial charge is 0.253 e. The van der Waals surface area contributed by atoms with Crippen molar-refractivity contribution in [2.45, 2.75) is 38.3 Å². The number of carbonyl (C=O) groups is 2. The van der Waals surface area contributed by atoms with Gasteiger partial charge in [0.1, 0.15) is 11.8 Å². The van der Waals surface area contributed by atoms with E-state index in [9.17, 15) is 9.59 Å². The lowest BCUT2D eigenvalue weighted by molar-refractivity contribution is -0.124. The Morgan fingerprint density at radius 1 is 1.28 bits per heavy atom. The maximum atomic E-state index is 13.4. The van der Waals surface area contributed by atoms with Crippen LogP contribution in [0, 0.1) is 6.92 Å². The molecule has 2 aliphatic rings. The Balaban J connectivity index is 1.44. The predicted octanol–water partition coefficient (Wildman–Crippen LogP) is 3.45. The molecular formula is C24H26N4O4. The summed E-state index contributed by atoms with van der Waals surface area (Å²) in [6.07, 6.45) is 1.91. The fraction of sp³-hybridized carbons (Fsp3) is 0.375. The van der Waals surface area contributed by atoms with Gasteiger partial charge in [-0.05, 0) is 49.6 Å². The van der Waals surface area contributed by atoms with Crippen LogP contribution in [0.2, 0.25) is 0 Å². The van der Waals surface area contributed by atoms with E-state index in [1.165, 1.54) is 0 Å². The number of methoxy groups -OCH3 is 1. The van der Waals surface area contributed by atoms with Crippen molar-refractivity contribution < 1.29 is 19.1 Å². The van der Waals surface area contributed by atoms with Crippen molar-refractivity contribution in [1.29, 1.82) is 0 Å². The highest BCUT2D eigenvalue weighted by Crippen LogP contribution is 2.37. The van der Waals surface area contributed by atoms with Crippen molar-refractivity contribution in [2.24, 2.45) is 0 Å². The number of aromatic nitrogens is 2. The van der Waals surface area contributed by atoms with Gasteiger partial charge in [0.05, 0.1) is 42.9 Å². The third-order valence-corrected chi connectivity index (χ3v) is 6.10. The monoisotopic (exact) mass is 434 g/mol. The molecule has 2 amide bonds. The summed E-state index contributed by atoms with van der Waals surface area (Å²) in [5.74, 6) is 0.781. The molecule has 0 spiro atoms. The van der Waals surface area contributed by atoms with Gasteiger partial charge in [-0.15, -0.1) is 0 Å². The fourth-order valence-electron chi connectivity index (χ4n) is 4.56. The number of hydrogen-bond donors (Lipinski definition) is 1. The Bertz CT molecular complexity index is 1180. The second-order valence-electron chi connectivity index (χ2n) is 8.33. The third kappa shape index (κ3) is 3.60. The van der Waals surface area contributed by atoms with Crippen LogP contribution in [0.15, 0.2) is 42.5 Å². The van der Waals surface area contributed by atoms with E-state index in [1.807, 2.05) is 54.0 Å². The topological polar surface area (TPSA) is 85.7 Å². The minimum atomic E-state index is -0.658. The number of hydrogen-bond acceptors (Lipinski definition) is 5. The zero-order valence-corrected chi connectivity index (χ0v) is 18.2. The first-order valence-corrected chi connectivity index (χ1v) is 10.9. The molecule has 5 rings (SSSR count). The first-order chi connectivity index (χ1) is 15.5. The lowest BCUT2D eigenvalue weighted by Crippen LogP contribution is -2.37. The fourth-order valence-corrected chi connectivity index (χ4v) is 4.56. The number of imidazole rings is 1.